The van der Waals surface area contributed by atoms with Crippen LogP contribution in [0.4, 0.5) is 0 Å². The third kappa shape index (κ3) is 45.7. The molecule has 0 rings (SSSR count). The quantitative estimate of drug-likeness (QED) is 0.263. The standard InChI is InChI=1S/C10H20O.C9H18O.C8H16O/c1-5-6-7-8-11-9-10(2,3)4;1-8(2)6-10-7-9(3,4)5;1-5-6-9-7-8(2,3)4/h6-7H,5,8-9H2,1-4H3;1,6-7H2,2-5H3;5H,1,6-7H2,2-4H3/b7-6+;;. The minimum atomic E-state index is 0.273. The van der Waals surface area contributed by atoms with Gasteiger partial charge in [0.05, 0.1) is 39.6 Å². The largest absolute Gasteiger partial charge is 0.377 e. The Bertz CT molecular complexity index is 428. The minimum Gasteiger partial charge on any atom is -0.377 e. The fourth-order valence-electron chi connectivity index (χ4n) is 1.65. The van der Waals surface area contributed by atoms with Crippen molar-refractivity contribution in [1.82, 2.24) is 0 Å². The van der Waals surface area contributed by atoms with E-state index in [4.69, 9.17) is 14.2 Å². The van der Waals surface area contributed by atoms with Gasteiger partial charge >= 0.3 is 0 Å². The lowest BCUT2D eigenvalue weighted by molar-refractivity contribution is 0.0869. The van der Waals surface area contributed by atoms with Crippen LogP contribution in [-0.2, 0) is 14.2 Å². The molecule has 3 nitrogen and oxygen atoms in total. The van der Waals surface area contributed by atoms with Gasteiger partial charge in [0.2, 0.25) is 0 Å². The van der Waals surface area contributed by atoms with E-state index in [0.717, 1.165) is 38.4 Å². The molecule has 3 heteroatoms. The van der Waals surface area contributed by atoms with Gasteiger partial charge in [-0.25, -0.2) is 0 Å². The normalized spacial score (nSPS) is 12.0. The van der Waals surface area contributed by atoms with Gasteiger partial charge in [0.1, 0.15) is 0 Å². The maximum absolute atomic E-state index is 5.41. The van der Waals surface area contributed by atoms with E-state index < -0.39 is 0 Å². The summed E-state index contributed by atoms with van der Waals surface area (Å²) in [5, 5.41) is 0. The predicted octanol–water partition coefficient (Wildman–Crippen LogP) is 7.88. The molecule has 0 saturated heterocycles. The van der Waals surface area contributed by atoms with Crippen molar-refractivity contribution in [3.8, 4) is 0 Å². The van der Waals surface area contributed by atoms with E-state index in [9.17, 15) is 0 Å². The van der Waals surface area contributed by atoms with E-state index in [1.54, 1.807) is 6.08 Å². The molecule has 0 heterocycles. The average Bonchev–Trinajstić information content (AvgIpc) is 2.52. The molecule has 0 radical (unpaired) electrons. The smallest absolute Gasteiger partial charge is 0.0671 e. The van der Waals surface area contributed by atoms with Gasteiger partial charge in [-0.2, -0.15) is 0 Å². The zero-order valence-electron chi connectivity index (χ0n) is 22.3. The second-order valence-corrected chi connectivity index (χ2v) is 11.3. The summed E-state index contributed by atoms with van der Waals surface area (Å²) in [4.78, 5) is 0. The van der Waals surface area contributed by atoms with Crippen LogP contribution in [0.5, 0.6) is 0 Å². The van der Waals surface area contributed by atoms with Gasteiger partial charge in [-0.1, -0.05) is 99.6 Å². The summed E-state index contributed by atoms with van der Waals surface area (Å²) < 4.78 is 16.0. The Morgan fingerprint density at radius 3 is 1.43 bits per heavy atom. The van der Waals surface area contributed by atoms with Crippen LogP contribution in [0.1, 0.15) is 82.6 Å². The Balaban J connectivity index is -0.000000366. The molecule has 0 bridgehead atoms. The maximum Gasteiger partial charge on any atom is 0.0671 e. The summed E-state index contributed by atoms with van der Waals surface area (Å²) in [5.41, 5.74) is 1.93. The molecule has 0 fully saturated rings. The molecule has 0 spiro atoms. The number of hydrogen-bond donors (Lipinski definition) is 0. The van der Waals surface area contributed by atoms with Crippen LogP contribution in [0.3, 0.4) is 0 Å². The van der Waals surface area contributed by atoms with E-state index in [1.165, 1.54) is 0 Å². The van der Waals surface area contributed by atoms with E-state index in [0.29, 0.717) is 18.6 Å². The summed E-state index contributed by atoms with van der Waals surface area (Å²) >= 11 is 0. The molecule has 0 N–H and O–H groups in total. The van der Waals surface area contributed by atoms with E-state index in [2.05, 4.69) is 94.5 Å². The second kappa shape index (κ2) is 18.8. The van der Waals surface area contributed by atoms with Crippen LogP contribution in [0, 0.1) is 16.2 Å². The summed E-state index contributed by atoms with van der Waals surface area (Å²) in [6, 6.07) is 0. The van der Waals surface area contributed by atoms with E-state index in [-0.39, 0.29) is 10.8 Å². The van der Waals surface area contributed by atoms with Crippen molar-refractivity contribution < 1.29 is 14.2 Å². The zero-order valence-corrected chi connectivity index (χ0v) is 22.3. The highest BCUT2D eigenvalue weighted by Crippen LogP contribution is 2.13. The summed E-state index contributed by atoms with van der Waals surface area (Å²) in [5.74, 6) is 0. The van der Waals surface area contributed by atoms with Crippen molar-refractivity contribution in [3.05, 3.63) is 37.0 Å². The first kappa shape index (κ1) is 33.7. The highest BCUT2D eigenvalue weighted by molar-refractivity contribution is 4.87. The van der Waals surface area contributed by atoms with Gasteiger partial charge in [0.25, 0.3) is 0 Å². The molecule has 0 aromatic heterocycles. The monoisotopic (exact) mass is 426 g/mol. The molecule has 0 aliphatic carbocycles. The molecule has 30 heavy (non-hydrogen) atoms. The zero-order chi connectivity index (χ0) is 24.3. The molecule has 0 aliphatic rings. The molecule has 0 aliphatic heterocycles. The molecule has 180 valence electrons. The van der Waals surface area contributed by atoms with Crippen LogP contribution in [0.2, 0.25) is 0 Å². The van der Waals surface area contributed by atoms with Crippen molar-refractivity contribution in [2.75, 3.05) is 39.6 Å². The third-order valence-corrected chi connectivity index (χ3v) is 2.81. The third-order valence-electron chi connectivity index (χ3n) is 2.81. The molecule has 0 amide bonds. The fraction of sp³-hybridized carbons (Fsp3) is 0.778. The molecule has 0 atom stereocenters. The molecule has 0 aromatic rings. The lowest BCUT2D eigenvalue weighted by Crippen LogP contribution is -2.15. The van der Waals surface area contributed by atoms with Crippen molar-refractivity contribution in [2.24, 2.45) is 16.2 Å². The number of ether oxygens (including phenoxy) is 3. The van der Waals surface area contributed by atoms with E-state index >= 15 is 0 Å². The summed E-state index contributed by atoms with van der Waals surface area (Å²) in [6.45, 7) is 35.4. The first-order valence-electron chi connectivity index (χ1n) is 11.2. The Morgan fingerprint density at radius 1 is 0.700 bits per heavy atom. The highest BCUT2D eigenvalue weighted by atomic mass is 16.5. The number of hydrogen-bond acceptors (Lipinski definition) is 3. The van der Waals surface area contributed by atoms with Crippen molar-refractivity contribution in [3.63, 3.8) is 0 Å². The van der Waals surface area contributed by atoms with Crippen molar-refractivity contribution in [2.45, 2.75) is 82.6 Å². The van der Waals surface area contributed by atoms with Crippen LogP contribution in [0.25, 0.3) is 0 Å². The van der Waals surface area contributed by atoms with Crippen LogP contribution in [0.15, 0.2) is 37.0 Å². The maximum atomic E-state index is 5.41. The van der Waals surface area contributed by atoms with Crippen molar-refractivity contribution >= 4 is 0 Å². The van der Waals surface area contributed by atoms with Gasteiger partial charge in [-0.05, 0) is 29.6 Å². The first-order chi connectivity index (χ1) is 13.5. The van der Waals surface area contributed by atoms with Gasteiger partial charge in [-0.15, -0.1) is 6.58 Å². The molecule has 0 saturated carbocycles. The van der Waals surface area contributed by atoms with Gasteiger partial charge in [0, 0.05) is 0 Å². The second-order valence-electron chi connectivity index (χ2n) is 11.3. The van der Waals surface area contributed by atoms with Crippen LogP contribution in [-0.4, -0.2) is 39.6 Å². The van der Waals surface area contributed by atoms with Crippen molar-refractivity contribution in [1.29, 1.82) is 0 Å². The Labute approximate surface area is 190 Å². The lowest BCUT2D eigenvalue weighted by Gasteiger charge is -2.17. The van der Waals surface area contributed by atoms with Crippen LogP contribution >= 0.6 is 0 Å². The summed E-state index contributed by atoms with van der Waals surface area (Å²) in [7, 11) is 0. The van der Waals surface area contributed by atoms with Gasteiger partial charge in [-0.3, -0.25) is 0 Å². The number of rotatable bonds is 10. The molecule has 0 unspecified atom stereocenters. The highest BCUT2D eigenvalue weighted by Gasteiger charge is 2.10. The Hall–Kier alpha value is -0.900. The van der Waals surface area contributed by atoms with Gasteiger partial charge in [0.15, 0.2) is 0 Å². The average molecular weight is 427 g/mol. The Morgan fingerprint density at radius 2 is 1.10 bits per heavy atom. The lowest BCUT2D eigenvalue weighted by atomic mass is 9.99. The molecular weight excluding hydrogens is 372 g/mol. The summed E-state index contributed by atoms with van der Waals surface area (Å²) in [6.07, 6.45) is 7.07. The molecular formula is C27H54O3. The minimum absolute atomic E-state index is 0.273. The molecule has 0 aromatic carbocycles. The Kier molecular flexibility index (Phi) is 21.2. The fourth-order valence-corrected chi connectivity index (χ4v) is 1.65. The number of allylic oxidation sites excluding steroid dienone is 1. The first-order valence-corrected chi connectivity index (χ1v) is 11.2. The van der Waals surface area contributed by atoms with Gasteiger partial charge < -0.3 is 14.2 Å². The SMILES string of the molecule is C=C(C)COCC(C)(C)C.C=CCOCC(C)(C)C.CC/C=C/COCC(C)(C)C. The topological polar surface area (TPSA) is 27.7 Å². The van der Waals surface area contributed by atoms with Crippen LogP contribution < -0.4 is 0 Å². The van der Waals surface area contributed by atoms with E-state index in [1.807, 2.05) is 6.92 Å². The predicted molar refractivity (Wildman–Crippen MR) is 135 cm³/mol.